The van der Waals surface area contributed by atoms with Gasteiger partial charge in [0.25, 0.3) is 10.9 Å². The van der Waals surface area contributed by atoms with Crippen molar-refractivity contribution in [2.24, 2.45) is 0 Å². The second-order valence-electron chi connectivity index (χ2n) is 1.65. The molecule has 0 amide bonds. The van der Waals surface area contributed by atoms with E-state index in [9.17, 15) is 14.4 Å². The van der Waals surface area contributed by atoms with Crippen LogP contribution in [-0.2, 0) is 0 Å². The monoisotopic (exact) mass is 204 g/mol. The van der Waals surface area contributed by atoms with Crippen molar-refractivity contribution in [3.63, 3.8) is 0 Å². The van der Waals surface area contributed by atoms with Crippen LogP contribution in [0, 0.1) is 0 Å². The van der Waals surface area contributed by atoms with E-state index in [0.29, 0.717) is 0 Å². The van der Waals surface area contributed by atoms with Crippen molar-refractivity contribution in [2.75, 3.05) is 0 Å². The first-order valence-electron chi connectivity index (χ1n) is 2.27. The number of aromatic hydroxyl groups is 1. The molecule has 1 N–H and O–H groups in total. The summed E-state index contributed by atoms with van der Waals surface area (Å²) in [5, 5.41) is 8.65. The van der Waals surface area contributed by atoms with Gasteiger partial charge in [-0.1, -0.05) is 0 Å². The van der Waals surface area contributed by atoms with Crippen LogP contribution in [0.2, 0.25) is 0 Å². The van der Waals surface area contributed by atoms with Crippen LogP contribution in [0.15, 0.2) is 18.9 Å². The van der Waals surface area contributed by atoms with Crippen LogP contribution in [-0.4, -0.2) is 5.11 Å². The summed E-state index contributed by atoms with van der Waals surface area (Å²) in [4.78, 5) is 31.3. The first kappa shape index (κ1) is 7.14. The van der Waals surface area contributed by atoms with Gasteiger partial charge >= 0.3 is 0 Å². The van der Waals surface area contributed by atoms with Gasteiger partial charge in [0.2, 0.25) is 5.43 Å². The van der Waals surface area contributed by atoms with Gasteiger partial charge in [-0.25, -0.2) is 0 Å². The van der Waals surface area contributed by atoms with Crippen LogP contribution in [0.4, 0.5) is 0 Å². The molecular weight excluding hydrogens is 204 g/mol. The van der Waals surface area contributed by atoms with Gasteiger partial charge in [0, 0.05) is 0 Å². The van der Waals surface area contributed by atoms with E-state index in [1.807, 2.05) is 0 Å². The van der Waals surface area contributed by atoms with E-state index in [0.717, 1.165) is 0 Å². The normalized spacial score (nSPS) is 10.1. The SMILES string of the molecule is O=c1c(O)c(Br)c(=O)c1=O. The van der Waals surface area contributed by atoms with Gasteiger partial charge < -0.3 is 5.11 Å². The molecule has 0 aliphatic rings. The lowest BCUT2D eigenvalue weighted by atomic mass is 10.6. The van der Waals surface area contributed by atoms with Crippen LogP contribution in [0.25, 0.3) is 0 Å². The van der Waals surface area contributed by atoms with Gasteiger partial charge in [0.15, 0.2) is 5.75 Å². The van der Waals surface area contributed by atoms with Crippen molar-refractivity contribution >= 4 is 15.9 Å². The van der Waals surface area contributed by atoms with Crippen LogP contribution in [0.1, 0.15) is 0 Å². The molecule has 1 aromatic carbocycles. The molecule has 0 spiro atoms. The molecule has 10 heavy (non-hydrogen) atoms. The van der Waals surface area contributed by atoms with E-state index in [-0.39, 0.29) is 4.47 Å². The summed E-state index contributed by atoms with van der Waals surface area (Å²) in [5.74, 6) is -0.796. The zero-order valence-electron chi connectivity index (χ0n) is 4.55. The Morgan fingerprint density at radius 3 is 1.60 bits per heavy atom. The fourth-order valence-corrected chi connectivity index (χ4v) is 0.878. The molecule has 0 radical (unpaired) electrons. The molecule has 0 aromatic heterocycles. The van der Waals surface area contributed by atoms with Gasteiger partial charge in [-0.15, -0.1) is 0 Å². The molecule has 0 fully saturated rings. The minimum atomic E-state index is -1.19. The van der Waals surface area contributed by atoms with E-state index in [4.69, 9.17) is 5.11 Å². The average Bonchev–Trinajstić information content (AvgIpc) is 2.07. The summed E-state index contributed by atoms with van der Waals surface area (Å²) in [6.45, 7) is 0. The third-order valence-electron chi connectivity index (χ3n) is 1.03. The topological polar surface area (TPSA) is 71.4 Å². The van der Waals surface area contributed by atoms with Crippen molar-refractivity contribution in [1.82, 2.24) is 0 Å². The molecule has 0 aliphatic heterocycles. The fraction of sp³-hybridized carbons (Fsp3) is 0. The number of halogens is 1. The van der Waals surface area contributed by atoms with Crippen LogP contribution in [0.3, 0.4) is 0 Å². The molecular formula is C5HBrO4. The third-order valence-corrected chi connectivity index (χ3v) is 1.77. The lowest BCUT2D eigenvalue weighted by Gasteiger charge is -1.76. The first-order valence-corrected chi connectivity index (χ1v) is 3.07. The Morgan fingerprint density at radius 1 is 1.00 bits per heavy atom. The zero-order valence-corrected chi connectivity index (χ0v) is 6.14. The van der Waals surface area contributed by atoms with Gasteiger partial charge in [-0.05, 0) is 15.9 Å². The number of rotatable bonds is 0. The zero-order chi connectivity index (χ0) is 7.89. The summed E-state index contributed by atoms with van der Waals surface area (Å²) in [6.07, 6.45) is 0. The Hall–Kier alpha value is -0.970. The molecule has 1 aromatic rings. The Balaban J connectivity index is 3.97. The van der Waals surface area contributed by atoms with Gasteiger partial charge in [0.1, 0.15) is 4.47 Å². The predicted molar refractivity (Wildman–Crippen MR) is 37.0 cm³/mol. The van der Waals surface area contributed by atoms with Gasteiger partial charge in [-0.2, -0.15) is 0 Å². The van der Waals surface area contributed by atoms with Crippen LogP contribution >= 0.6 is 15.9 Å². The number of hydrogen-bond donors (Lipinski definition) is 1. The quantitative estimate of drug-likeness (QED) is 0.557. The van der Waals surface area contributed by atoms with Crippen molar-refractivity contribution in [2.45, 2.75) is 0 Å². The summed E-state index contributed by atoms with van der Waals surface area (Å²) in [7, 11) is 0. The third kappa shape index (κ3) is 0.706. The molecule has 0 atom stereocenters. The van der Waals surface area contributed by atoms with E-state index in [1.54, 1.807) is 0 Å². The molecule has 0 saturated carbocycles. The molecule has 0 unspecified atom stereocenters. The minimum absolute atomic E-state index is 0.345. The summed E-state index contributed by atoms with van der Waals surface area (Å²) in [6, 6.07) is 0. The summed E-state index contributed by atoms with van der Waals surface area (Å²) >= 11 is 2.59. The highest BCUT2D eigenvalue weighted by molar-refractivity contribution is 9.10. The van der Waals surface area contributed by atoms with Crippen LogP contribution < -0.4 is 16.3 Å². The molecule has 0 saturated heterocycles. The molecule has 1 rings (SSSR count). The predicted octanol–water partition coefficient (Wildman–Crippen LogP) is -0.889. The van der Waals surface area contributed by atoms with Crippen molar-refractivity contribution in [3.05, 3.63) is 35.1 Å². The fourth-order valence-electron chi connectivity index (χ4n) is 0.518. The Bertz CT molecular complexity index is 362. The summed E-state index contributed by atoms with van der Waals surface area (Å²) < 4.78 is -0.345. The maximum absolute atomic E-state index is 10.5. The minimum Gasteiger partial charge on any atom is -0.503 e. The van der Waals surface area contributed by atoms with Crippen molar-refractivity contribution in [3.8, 4) is 5.75 Å². The first-order chi connectivity index (χ1) is 4.55. The van der Waals surface area contributed by atoms with Gasteiger partial charge in [0.05, 0.1) is 0 Å². The smallest absolute Gasteiger partial charge is 0.277 e. The Kier molecular flexibility index (Phi) is 1.44. The largest absolute Gasteiger partial charge is 0.503 e. The van der Waals surface area contributed by atoms with Gasteiger partial charge in [-0.3, -0.25) is 14.4 Å². The van der Waals surface area contributed by atoms with Crippen LogP contribution in [0.5, 0.6) is 5.75 Å². The molecule has 0 aliphatic carbocycles. The standard InChI is InChI=1S/C5HBrO4/c6-1-2(7)4(9)5(10)3(1)8/h7H. The average molecular weight is 205 g/mol. The lowest BCUT2D eigenvalue weighted by molar-refractivity contribution is 0.469. The molecule has 0 bridgehead atoms. The van der Waals surface area contributed by atoms with E-state index >= 15 is 0 Å². The Labute approximate surface area is 62.6 Å². The Morgan fingerprint density at radius 2 is 1.50 bits per heavy atom. The molecule has 4 nitrogen and oxygen atoms in total. The number of hydrogen-bond acceptors (Lipinski definition) is 4. The van der Waals surface area contributed by atoms with Crippen molar-refractivity contribution in [1.29, 1.82) is 0 Å². The van der Waals surface area contributed by atoms with E-state index < -0.39 is 22.0 Å². The highest BCUT2D eigenvalue weighted by Crippen LogP contribution is 2.11. The van der Waals surface area contributed by atoms with E-state index in [1.165, 1.54) is 0 Å². The second kappa shape index (κ2) is 2.02. The van der Waals surface area contributed by atoms with E-state index in [2.05, 4.69) is 15.9 Å². The maximum Gasteiger partial charge on any atom is 0.277 e. The second-order valence-corrected chi connectivity index (χ2v) is 2.44. The molecule has 0 heterocycles. The molecule has 5 heteroatoms. The summed E-state index contributed by atoms with van der Waals surface area (Å²) in [5.41, 5.74) is -3.32. The lowest BCUT2D eigenvalue weighted by Crippen LogP contribution is -2.29. The highest BCUT2D eigenvalue weighted by Gasteiger charge is 2.15. The molecule has 52 valence electrons. The van der Waals surface area contributed by atoms with Crippen molar-refractivity contribution < 1.29 is 5.11 Å². The highest BCUT2D eigenvalue weighted by atomic mass is 79.9. The maximum atomic E-state index is 10.5.